The topological polar surface area (TPSA) is 29.5 Å². The minimum atomic E-state index is -0.0933. The fourth-order valence-corrected chi connectivity index (χ4v) is 3.45. The Morgan fingerprint density at radius 3 is 2.65 bits per heavy atom. The van der Waals surface area contributed by atoms with E-state index in [-0.39, 0.29) is 11.5 Å². The molecule has 2 fully saturated rings. The molecule has 17 heavy (non-hydrogen) atoms. The smallest absolute Gasteiger partial charge is 0.0593 e. The van der Waals surface area contributed by atoms with E-state index in [0.717, 1.165) is 25.9 Å². The van der Waals surface area contributed by atoms with Crippen LogP contribution >= 0.6 is 0 Å². The summed E-state index contributed by atoms with van der Waals surface area (Å²) in [7, 11) is 0. The van der Waals surface area contributed by atoms with E-state index < -0.39 is 0 Å². The van der Waals surface area contributed by atoms with Crippen LogP contribution in [0.1, 0.15) is 71.1 Å². The molecule has 2 heteroatoms. The van der Waals surface area contributed by atoms with E-state index in [1.807, 2.05) is 0 Å². The Morgan fingerprint density at radius 1 is 1.24 bits per heavy atom. The van der Waals surface area contributed by atoms with Crippen LogP contribution in [0.15, 0.2) is 0 Å². The molecule has 0 spiro atoms. The predicted molar refractivity (Wildman–Crippen MR) is 70.0 cm³/mol. The van der Waals surface area contributed by atoms with Crippen LogP contribution < -0.4 is 0 Å². The third-order valence-corrected chi connectivity index (χ3v) is 4.83. The van der Waals surface area contributed by atoms with Gasteiger partial charge in [-0.3, -0.25) is 0 Å². The molecule has 2 unspecified atom stereocenters. The van der Waals surface area contributed by atoms with Gasteiger partial charge in [-0.05, 0) is 50.4 Å². The molecule has 1 aliphatic carbocycles. The summed E-state index contributed by atoms with van der Waals surface area (Å²) in [6.45, 7) is 3.23. The molecule has 1 aliphatic heterocycles. The molecule has 0 aromatic carbocycles. The quantitative estimate of drug-likeness (QED) is 0.794. The largest absolute Gasteiger partial charge is 0.393 e. The summed E-state index contributed by atoms with van der Waals surface area (Å²) in [5, 5.41) is 10.4. The second-order valence-electron chi connectivity index (χ2n) is 6.30. The number of rotatable bonds is 5. The molecule has 0 radical (unpaired) electrons. The first-order valence-electron chi connectivity index (χ1n) is 7.50. The number of hydrogen-bond acceptors (Lipinski definition) is 2. The lowest BCUT2D eigenvalue weighted by atomic mass is 9.70. The summed E-state index contributed by atoms with van der Waals surface area (Å²) in [4.78, 5) is 0. The molecule has 0 amide bonds. The maximum absolute atomic E-state index is 10.4. The zero-order valence-corrected chi connectivity index (χ0v) is 11.3. The SMILES string of the molecule is CC1(C(O)CCCC2CCCO2)CCCCC1. The normalized spacial score (nSPS) is 30.4. The number of ether oxygens (including phenoxy) is 1. The lowest BCUT2D eigenvalue weighted by Gasteiger charge is -2.38. The van der Waals surface area contributed by atoms with Crippen molar-refractivity contribution in [3.05, 3.63) is 0 Å². The molecule has 1 saturated carbocycles. The Hall–Kier alpha value is -0.0800. The third-order valence-electron chi connectivity index (χ3n) is 4.83. The van der Waals surface area contributed by atoms with E-state index >= 15 is 0 Å². The van der Waals surface area contributed by atoms with E-state index in [4.69, 9.17) is 4.74 Å². The third kappa shape index (κ3) is 3.69. The van der Waals surface area contributed by atoms with Gasteiger partial charge in [0.2, 0.25) is 0 Å². The van der Waals surface area contributed by atoms with E-state index in [1.54, 1.807) is 0 Å². The van der Waals surface area contributed by atoms with Crippen molar-refractivity contribution in [1.29, 1.82) is 0 Å². The van der Waals surface area contributed by atoms with Gasteiger partial charge in [0.1, 0.15) is 0 Å². The molecule has 2 nitrogen and oxygen atoms in total. The standard InChI is InChI=1S/C15H28O2/c1-15(10-3-2-4-11-15)14(16)9-5-7-13-8-6-12-17-13/h13-14,16H,2-12H2,1H3. The summed E-state index contributed by atoms with van der Waals surface area (Å²) in [6.07, 6.45) is 12.5. The maximum atomic E-state index is 10.4. The number of hydrogen-bond donors (Lipinski definition) is 1. The molecule has 2 atom stereocenters. The van der Waals surface area contributed by atoms with Crippen LogP contribution in [0.3, 0.4) is 0 Å². The van der Waals surface area contributed by atoms with Crippen LogP contribution in [0.4, 0.5) is 0 Å². The lowest BCUT2D eigenvalue weighted by Crippen LogP contribution is -2.34. The fourth-order valence-electron chi connectivity index (χ4n) is 3.45. The Morgan fingerprint density at radius 2 is 2.00 bits per heavy atom. The van der Waals surface area contributed by atoms with E-state index in [1.165, 1.54) is 44.9 Å². The Labute approximate surface area is 106 Å². The van der Waals surface area contributed by atoms with Gasteiger partial charge in [-0.2, -0.15) is 0 Å². The summed E-state index contributed by atoms with van der Waals surface area (Å²) in [6, 6.07) is 0. The summed E-state index contributed by atoms with van der Waals surface area (Å²) >= 11 is 0. The highest BCUT2D eigenvalue weighted by atomic mass is 16.5. The van der Waals surface area contributed by atoms with Gasteiger partial charge in [-0.25, -0.2) is 0 Å². The number of aliphatic hydroxyl groups is 1. The minimum Gasteiger partial charge on any atom is -0.393 e. The van der Waals surface area contributed by atoms with Gasteiger partial charge in [-0.1, -0.05) is 26.2 Å². The molecule has 0 bridgehead atoms. The zero-order valence-electron chi connectivity index (χ0n) is 11.3. The van der Waals surface area contributed by atoms with Crippen molar-refractivity contribution >= 4 is 0 Å². The van der Waals surface area contributed by atoms with Crippen molar-refractivity contribution in [3.8, 4) is 0 Å². The van der Waals surface area contributed by atoms with E-state index in [9.17, 15) is 5.11 Å². The highest BCUT2D eigenvalue weighted by molar-refractivity contribution is 4.85. The van der Waals surface area contributed by atoms with E-state index in [2.05, 4.69) is 6.92 Å². The molecule has 2 rings (SSSR count). The van der Waals surface area contributed by atoms with Gasteiger partial charge in [0, 0.05) is 6.61 Å². The molecule has 2 aliphatic rings. The van der Waals surface area contributed by atoms with Gasteiger partial charge in [0.25, 0.3) is 0 Å². The lowest BCUT2D eigenvalue weighted by molar-refractivity contribution is -0.000138. The van der Waals surface area contributed by atoms with Crippen molar-refractivity contribution in [2.45, 2.75) is 83.3 Å². The average molecular weight is 240 g/mol. The molecular weight excluding hydrogens is 212 g/mol. The Kier molecular flexibility index (Phi) is 4.87. The van der Waals surface area contributed by atoms with Crippen molar-refractivity contribution in [3.63, 3.8) is 0 Å². The van der Waals surface area contributed by atoms with Crippen LogP contribution in [0.25, 0.3) is 0 Å². The van der Waals surface area contributed by atoms with Crippen molar-refractivity contribution in [2.75, 3.05) is 6.61 Å². The first-order valence-corrected chi connectivity index (χ1v) is 7.50. The van der Waals surface area contributed by atoms with Crippen molar-refractivity contribution in [2.24, 2.45) is 5.41 Å². The van der Waals surface area contributed by atoms with Crippen LogP contribution in [0.2, 0.25) is 0 Å². The van der Waals surface area contributed by atoms with Crippen LogP contribution in [0, 0.1) is 5.41 Å². The summed E-state index contributed by atoms with van der Waals surface area (Å²) in [5.74, 6) is 0. The summed E-state index contributed by atoms with van der Waals surface area (Å²) < 4.78 is 5.62. The first kappa shape index (κ1) is 13.4. The Balaban J connectivity index is 1.66. The monoisotopic (exact) mass is 240 g/mol. The Bertz CT molecular complexity index is 215. The fraction of sp³-hybridized carbons (Fsp3) is 1.00. The van der Waals surface area contributed by atoms with Gasteiger partial charge in [0.05, 0.1) is 12.2 Å². The zero-order chi connectivity index (χ0) is 12.1. The summed E-state index contributed by atoms with van der Waals surface area (Å²) in [5.41, 5.74) is 0.203. The maximum Gasteiger partial charge on any atom is 0.0593 e. The van der Waals surface area contributed by atoms with Crippen molar-refractivity contribution in [1.82, 2.24) is 0 Å². The highest BCUT2D eigenvalue weighted by Crippen LogP contribution is 2.40. The average Bonchev–Trinajstić information content (AvgIpc) is 2.83. The van der Waals surface area contributed by atoms with Crippen LogP contribution in [-0.4, -0.2) is 23.9 Å². The molecule has 0 aromatic heterocycles. The molecule has 100 valence electrons. The number of aliphatic hydroxyl groups excluding tert-OH is 1. The molecule has 1 heterocycles. The van der Waals surface area contributed by atoms with Gasteiger partial charge < -0.3 is 9.84 Å². The second-order valence-corrected chi connectivity index (χ2v) is 6.30. The van der Waals surface area contributed by atoms with Crippen LogP contribution in [0.5, 0.6) is 0 Å². The molecule has 1 N–H and O–H groups in total. The highest BCUT2D eigenvalue weighted by Gasteiger charge is 2.33. The van der Waals surface area contributed by atoms with Gasteiger partial charge >= 0.3 is 0 Å². The first-order chi connectivity index (χ1) is 8.21. The van der Waals surface area contributed by atoms with Crippen LogP contribution in [-0.2, 0) is 4.74 Å². The van der Waals surface area contributed by atoms with E-state index in [0.29, 0.717) is 6.10 Å². The molecule has 1 saturated heterocycles. The minimum absolute atomic E-state index is 0.0933. The van der Waals surface area contributed by atoms with Gasteiger partial charge in [-0.15, -0.1) is 0 Å². The molecule has 0 aromatic rings. The predicted octanol–water partition coefficient (Wildman–Crippen LogP) is 3.67. The van der Waals surface area contributed by atoms with Crippen molar-refractivity contribution < 1.29 is 9.84 Å². The van der Waals surface area contributed by atoms with Gasteiger partial charge in [0.15, 0.2) is 0 Å². The second kappa shape index (κ2) is 6.19. The molecular formula is C15H28O2.